The molecule has 0 aromatic heterocycles. The molecule has 0 aliphatic heterocycles. The summed E-state index contributed by atoms with van der Waals surface area (Å²) in [5, 5.41) is 0. The molecule has 0 saturated heterocycles. The number of rotatable bonds is 0. The Bertz CT molecular complexity index is 50.6. The molecule has 58 valence electrons. The Balaban J connectivity index is 0. The van der Waals surface area contributed by atoms with Crippen molar-refractivity contribution in [3.05, 3.63) is 0 Å². The van der Waals surface area contributed by atoms with Crippen molar-refractivity contribution in [3.63, 3.8) is 0 Å². The minimum Gasteiger partial charge on any atom is -0.208 e. The normalized spacial score (nSPS) is 10.7. The van der Waals surface area contributed by atoms with Crippen LogP contribution in [0.15, 0.2) is 0 Å². The molecule has 0 saturated carbocycles. The average Bonchev–Trinajstić information content (AvgIpc) is 1.19. The van der Waals surface area contributed by atoms with E-state index in [1.165, 1.54) is 0 Å². The van der Waals surface area contributed by atoms with Crippen molar-refractivity contribution in [2.24, 2.45) is 0 Å². The molecule has 0 nitrogen and oxygen atoms in total. The fraction of sp³-hybridized carbons (Fsp3) is 1.00. The van der Waals surface area contributed by atoms with E-state index in [9.17, 15) is 17.6 Å². The minimum atomic E-state index is -3.67. The molecule has 0 unspecified atom stereocenters. The zero-order valence-electron chi connectivity index (χ0n) is 4.35. The molecule has 0 amide bonds. The molecule has 0 aromatic rings. The van der Waals surface area contributed by atoms with Crippen LogP contribution in [0.2, 0.25) is 0 Å². The second-order valence-corrected chi connectivity index (χ2v) is 2.64. The van der Waals surface area contributed by atoms with E-state index >= 15 is 0 Å². The van der Waals surface area contributed by atoms with Crippen LogP contribution in [-0.4, -0.2) is 11.3 Å². The van der Waals surface area contributed by atoms with Gasteiger partial charge in [0.2, 0.25) is 0 Å². The minimum absolute atomic E-state index is 1.05. The molecule has 0 N–H and O–H groups in total. The molecule has 0 rings (SSSR count). The second kappa shape index (κ2) is 5.11. The van der Waals surface area contributed by atoms with Gasteiger partial charge in [0.05, 0.1) is 0 Å². The predicted molar refractivity (Wildman–Crippen MR) is 28.3 cm³/mol. The van der Waals surface area contributed by atoms with Gasteiger partial charge in [-0.25, -0.2) is 4.39 Å². The van der Waals surface area contributed by atoms with Gasteiger partial charge in [0.1, 0.15) is 0 Å². The Labute approximate surface area is 59.7 Å². The summed E-state index contributed by atoms with van der Waals surface area (Å²) in [7, 11) is 0. The van der Waals surface area contributed by atoms with Gasteiger partial charge in [0.15, 0.2) is 0 Å². The number of hydrogen-bond acceptors (Lipinski definition) is 0. The molecule has 6 heteroatoms. The highest BCUT2D eigenvalue weighted by atomic mass is 35.5. The maximum Gasteiger partial charge on any atom is 0.379 e. The van der Waals surface area contributed by atoms with Crippen LogP contribution >= 0.6 is 23.2 Å². The standard InChI is InChI=1S/C2H3Cl2F.CHF3/c1-2(3,4)5;2-1(3)4/h1H3;1H. The summed E-state index contributed by atoms with van der Waals surface area (Å²) < 4.78 is 38.2. The Morgan fingerprint density at radius 3 is 1.22 bits per heavy atom. The Kier molecular flexibility index (Phi) is 6.83. The first-order chi connectivity index (χ1) is 3.73. The first-order valence-electron chi connectivity index (χ1n) is 1.72. The highest BCUT2D eigenvalue weighted by Gasteiger charge is 2.09. The predicted octanol–water partition coefficient (Wildman–Crippen LogP) is 3.29. The summed E-state index contributed by atoms with van der Waals surface area (Å²) in [5.74, 6) is 0. The van der Waals surface area contributed by atoms with Gasteiger partial charge in [-0.1, -0.05) is 23.2 Å². The van der Waals surface area contributed by atoms with Crippen molar-refractivity contribution in [2.75, 3.05) is 0 Å². The maximum atomic E-state index is 11.2. The molecule has 0 radical (unpaired) electrons. The third-order valence-corrected chi connectivity index (χ3v) is 0. The van der Waals surface area contributed by atoms with E-state index in [2.05, 4.69) is 23.2 Å². The van der Waals surface area contributed by atoms with Crippen molar-refractivity contribution in [1.29, 1.82) is 0 Å². The van der Waals surface area contributed by atoms with E-state index in [1.54, 1.807) is 0 Å². The van der Waals surface area contributed by atoms with Gasteiger partial charge in [0.25, 0.3) is 4.59 Å². The summed E-state index contributed by atoms with van der Waals surface area (Å²) >= 11 is 9.26. The van der Waals surface area contributed by atoms with Crippen molar-refractivity contribution in [1.82, 2.24) is 0 Å². The first kappa shape index (κ1) is 12.0. The Morgan fingerprint density at radius 1 is 1.22 bits per heavy atom. The van der Waals surface area contributed by atoms with Crippen LogP contribution in [0.1, 0.15) is 6.92 Å². The van der Waals surface area contributed by atoms with Crippen molar-refractivity contribution in [2.45, 2.75) is 18.2 Å². The van der Waals surface area contributed by atoms with Gasteiger partial charge < -0.3 is 0 Å². The molecule has 0 aliphatic rings. The van der Waals surface area contributed by atoms with Crippen molar-refractivity contribution >= 4 is 23.2 Å². The van der Waals surface area contributed by atoms with E-state index < -0.39 is 11.3 Å². The third-order valence-electron chi connectivity index (χ3n) is 0. The molecular weight excluding hydrogens is 183 g/mol. The summed E-state index contributed by atoms with van der Waals surface area (Å²) in [6.45, 7) is -2.61. The van der Waals surface area contributed by atoms with Crippen LogP contribution in [0.3, 0.4) is 0 Å². The van der Waals surface area contributed by atoms with E-state index in [4.69, 9.17) is 0 Å². The fourth-order valence-corrected chi connectivity index (χ4v) is 0. The molecule has 9 heavy (non-hydrogen) atoms. The molecule has 0 atom stereocenters. The Morgan fingerprint density at radius 2 is 1.22 bits per heavy atom. The first-order valence-corrected chi connectivity index (χ1v) is 2.48. The fourth-order valence-electron chi connectivity index (χ4n) is 0. The lowest BCUT2D eigenvalue weighted by atomic mass is 10.9. The van der Waals surface area contributed by atoms with Crippen LogP contribution in [0, 0.1) is 0 Å². The SMILES string of the molecule is CC(F)(Cl)Cl.FC(F)F. The van der Waals surface area contributed by atoms with E-state index in [0.29, 0.717) is 0 Å². The van der Waals surface area contributed by atoms with Crippen LogP contribution in [-0.2, 0) is 0 Å². The van der Waals surface area contributed by atoms with Crippen molar-refractivity contribution in [3.8, 4) is 0 Å². The lowest BCUT2D eigenvalue weighted by Crippen LogP contribution is -1.90. The number of halogens is 6. The number of alkyl halides is 6. The molecule has 0 aliphatic carbocycles. The highest BCUT2D eigenvalue weighted by Crippen LogP contribution is 2.19. The summed E-state index contributed by atoms with van der Waals surface area (Å²) in [6, 6.07) is 0. The third kappa shape index (κ3) is 3660. The van der Waals surface area contributed by atoms with Gasteiger partial charge in [0, 0.05) is 0 Å². The van der Waals surface area contributed by atoms with Gasteiger partial charge in [-0.2, -0.15) is 13.2 Å². The van der Waals surface area contributed by atoms with Crippen LogP contribution < -0.4 is 0 Å². The van der Waals surface area contributed by atoms with E-state index in [0.717, 1.165) is 6.92 Å². The summed E-state index contributed by atoms with van der Waals surface area (Å²) in [6.07, 6.45) is 0. The highest BCUT2D eigenvalue weighted by molar-refractivity contribution is 6.46. The Hall–Kier alpha value is 0.300. The van der Waals surface area contributed by atoms with Gasteiger partial charge >= 0.3 is 6.68 Å². The quantitative estimate of drug-likeness (QED) is 0.403. The van der Waals surface area contributed by atoms with Crippen molar-refractivity contribution < 1.29 is 17.6 Å². The van der Waals surface area contributed by atoms with Crippen LogP contribution in [0.4, 0.5) is 17.6 Å². The summed E-state index contributed by atoms with van der Waals surface area (Å²) in [5.41, 5.74) is 0. The second-order valence-electron chi connectivity index (χ2n) is 1.03. The molecular formula is C3H4Cl2F4. The molecule has 0 heterocycles. The molecule has 0 aromatic carbocycles. The average molecular weight is 187 g/mol. The van der Waals surface area contributed by atoms with Crippen LogP contribution in [0.5, 0.6) is 0 Å². The van der Waals surface area contributed by atoms with Gasteiger partial charge in [-0.05, 0) is 6.92 Å². The zero-order valence-corrected chi connectivity index (χ0v) is 5.86. The smallest absolute Gasteiger partial charge is 0.208 e. The van der Waals surface area contributed by atoms with Gasteiger partial charge in [-0.15, -0.1) is 0 Å². The molecule has 0 spiro atoms. The molecule has 0 fully saturated rings. The van der Waals surface area contributed by atoms with Gasteiger partial charge in [-0.3, -0.25) is 0 Å². The van der Waals surface area contributed by atoms with E-state index in [-0.39, 0.29) is 0 Å². The number of hydrogen-bond donors (Lipinski definition) is 0. The topological polar surface area (TPSA) is 0 Å². The largest absolute Gasteiger partial charge is 0.379 e. The molecule has 0 bridgehead atoms. The zero-order chi connectivity index (χ0) is 8.08. The lowest BCUT2D eigenvalue weighted by Gasteiger charge is -1.92. The summed E-state index contributed by atoms with van der Waals surface area (Å²) in [4.78, 5) is 0. The maximum absolute atomic E-state index is 11.2. The monoisotopic (exact) mass is 186 g/mol. The van der Waals surface area contributed by atoms with E-state index in [1.807, 2.05) is 0 Å². The lowest BCUT2D eigenvalue weighted by molar-refractivity contribution is 0.00819. The van der Waals surface area contributed by atoms with Crippen LogP contribution in [0.25, 0.3) is 0 Å².